The van der Waals surface area contributed by atoms with Crippen molar-refractivity contribution in [1.29, 1.82) is 0 Å². The van der Waals surface area contributed by atoms with Gasteiger partial charge in [-0.15, -0.1) is 0 Å². The van der Waals surface area contributed by atoms with E-state index in [-0.39, 0.29) is 18.0 Å². The Balaban J connectivity index is 2.50. The zero-order valence-electron chi connectivity index (χ0n) is 13.0. The van der Waals surface area contributed by atoms with Crippen LogP contribution in [0.3, 0.4) is 0 Å². The summed E-state index contributed by atoms with van der Waals surface area (Å²) in [6, 6.07) is 10.7. The summed E-state index contributed by atoms with van der Waals surface area (Å²) in [7, 11) is 4.07. The van der Waals surface area contributed by atoms with Gasteiger partial charge < -0.3 is 15.5 Å². The number of likely N-dealkylation sites (N-methyl/N-ethyl adjacent to an activating group) is 1. The van der Waals surface area contributed by atoms with Crippen LogP contribution in [0, 0.1) is 0 Å². The summed E-state index contributed by atoms with van der Waals surface area (Å²) in [6.07, 6.45) is 0.517. The van der Waals surface area contributed by atoms with Crippen molar-refractivity contribution < 1.29 is 4.79 Å². The summed E-state index contributed by atoms with van der Waals surface area (Å²) in [5, 5.41) is 6.28. The Kier molecular flexibility index (Phi) is 7.26. The van der Waals surface area contributed by atoms with Crippen LogP contribution < -0.4 is 10.6 Å². The molecule has 0 saturated carbocycles. The standard InChI is InChI=1S/C16H27N3O/c1-5-17-13(2)11-16(20)18-12-15(19(3)4)14-9-7-6-8-10-14/h6-10,13,15,17H,5,11-12H2,1-4H3,(H,18,20). The number of amides is 1. The van der Waals surface area contributed by atoms with Gasteiger partial charge in [-0.25, -0.2) is 0 Å². The molecule has 112 valence electrons. The van der Waals surface area contributed by atoms with Crippen LogP contribution in [0.2, 0.25) is 0 Å². The van der Waals surface area contributed by atoms with Gasteiger partial charge in [0, 0.05) is 19.0 Å². The molecule has 0 fully saturated rings. The van der Waals surface area contributed by atoms with Gasteiger partial charge in [0.15, 0.2) is 0 Å². The first-order valence-electron chi connectivity index (χ1n) is 7.26. The maximum absolute atomic E-state index is 11.9. The highest BCUT2D eigenvalue weighted by atomic mass is 16.1. The van der Waals surface area contributed by atoms with Gasteiger partial charge in [0.2, 0.25) is 5.91 Å². The molecule has 4 heteroatoms. The summed E-state index contributed by atoms with van der Waals surface area (Å²) in [4.78, 5) is 14.0. The van der Waals surface area contributed by atoms with E-state index < -0.39 is 0 Å². The van der Waals surface area contributed by atoms with E-state index >= 15 is 0 Å². The van der Waals surface area contributed by atoms with Crippen LogP contribution in [-0.2, 0) is 4.79 Å². The zero-order valence-corrected chi connectivity index (χ0v) is 13.0. The number of carbonyl (C=O) groups is 1. The van der Waals surface area contributed by atoms with Gasteiger partial charge in [-0.2, -0.15) is 0 Å². The van der Waals surface area contributed by atoms with E-state index in [0.29, 0.717) is 13.0 Å². The predicted octanol–water partition coefficient (Wildman–Crippen LogP) is 1.79. The van der Waals surface area contributed by atoms with Gasteiger partial charge in [-0.05, 0) is 33.1 Å². The smallest absolute Gasteiger partial charge is 0.221 e. The summed E-state index contributed by atoms with van der Waals surface area (Å²) in [5.41, 5.74) is 1.22. The van der Waals surface area contributed by atoms with E-state index in [1.54, 1.807) is 0 Å². The first kappa shape index (κ1) is 16.7. The number of carbonyl (C=O) groups excluding carboxylic acids is 1. The van der Waals surface area contributed by atoms with E-state index in [1.807, 2.05) is 46.1 Å². The van der Waals surface area contributed by atoms with E-state index in [1.165, 1.54) is 5.56 Å². The molecule has 2 atom stereocenters. The minimum atomic E-state index is 0.0984. The highest BCUT2D eigenvalue weighted by Gasteiger charge is 2.15. The lowest BCUT2D eigenvalue weighted by Crippen LogP contribution is -2.38. The average Bonchev–Trinajstić information content (AvgIpc) is 2.40. The predicted molar refractivity (Wildman–Crippen MR) is 83.6 cm³/mol. The van der Waals surface area contributed by atoms with Crippen LogP contribution in [-0.4, -0.2) is 44.0 Å². The molecule has 0 aliphatic rings. The highest BCUT2D eigenvalue weighted by Crippen LogP contribution is 2.16. The van der Waals surface area contributed by atoms with Gasteiger partial charge in [0.05, 0.1) is 6.04 Å². The molecule has 2 unspecified atom stereocenters. The summed E-state index contributed by atoms with van der Waals surface area (Å²) < 4.78 is 0. The van der Waals surface area contributed by atoms with Crippen molar-refractivity contribution in [2.75, 3.05) is 27.2 Å². The van der Waals surface area contributed by atoms with Crippen LogP contribution in [0.1, 0.15) is 31.9 Å². The quantitative estimate of drug-likeness (QED) is 0.761. The molecule has 4 nitrogen and oxygen atoms in total. The Hall–Kier alpha value is -1.39. The van der Waals surface area contributed by atoms with Crippen LogP contribution >= 0.6 is 0 Å². The Morgan fingerprint density at radius 1 is 1.25 bits per heavy atom. The van der Waals surface area contributed by atoms with Crippen LogP contribution in [0.4, 0.5) is 0 Å². The monoisotopic (exact) mass is 277 g/mol. The fourth-order valence-corrected chi connectivity index (χ4v) is 2.26. The largest absolute Gasteiger partial charge is 0.354 e. The summed E-state index contributed by atoms with van der Waals surface area (Å²) in [5.74, 6) is 0.0984. The van der Waals surface area contributed by atoms with E-state index in [4.69, 9.17) is 0 Å². The molecule has 1 aromatic rings. The SMILES string of the molecule is CCNC(C)CC(=O)NCC(c1ccccc1)N(C)C. The Bertz CT molecular complexity index is 392. The first-order chi connectivity index (χ1) is 9.54. The molecule has 0 aromatic heterocycles. The Morgan fingerprint density at radius 3 is 2.45 bits per heavy atom. The van der Waals surface area contributed by atoms with Crippen molar-refractivity contribution in [2.45, 2.75) is 32.4 Å². The molecule has 0 aliphatic heterocycles. The number of benzene rings is 1. The maximum Gasteiger partial charge on any atom is 0.221 e. The minimum Gasteiger partial charge on any atom is -0.354 e. The molecule has 0 radical (unpaired) electrons. The summed E-state index contributed by atoms with van der Waals surface area (Å²) >= 11 is 0. The highest BCUT2D eigenvalue weighted by molar-refractivity contribution is 5.76. The normalized spacial score (nSPS) is 14.1. The van der Waals surface area contributed by atoms with Crippen LogP contribution in [0.5, 0.6) is 0 Å². The third-order valence-corrected chi connectivity index (χ3v) is 3.34. The van der Waals surface area contributed by atoms with Crippen molar-refractivity contribution in [3.63, 3.8) is 0 Å². The van der Waals surface area contributed by atoms with Crippen molar-refractivity contribution in [1.82, 2.24) is 15.5 Å². The second-order valence-corrected chi connectivity index (χ2v) is 5.36. The topological polar surface area (TPSA) is 44.4 Å². The number of nitrogens with zero attached hydrogens (tertiary/aromatic N) is 1. The minimum absolute atomic E-state index is 0.0984. The molecule has 0 spiro atoms. The maximum atomic E-state index is 11.9. The molecule has 20 heavy (non-hydrogen) atoms. The third kappa shape index (κ3) is 5.72. The average molecular weight is 277 g/mol. The molecule has 0 saturated heterocycles. The van der Waals surface area contributed by atoms with Crippen LogP contribution in [0.15, 0.2) is 30.3 Å². The molecule has 1 amide bonds. The zero-order chi connectivity index (χ0) is 15.0. The van der Waals surface area contributed by atoms with E-state index in [2.05, 4.69) is 27.7 Å². The van der Waals surface area contributed by atoms with Crippen molar-refractivity contribution >= 4 is 5.91 Å². The molecule has 0 aliphatic carbocycles. The van der Waals surface area contributed by atoms with Gasteiger partial charge in [-0.1, -0.05) is 37.3 Å². The van der Waals surface area contributed by atoms with Gasteiger partial charge in [-0.3, -0.25) is 4.79 Å². The fourth-order valence-electron chi connectivity index (χ4n) is 2.26. The van der Waals surface area contributed by atoms with Crippen LogP contribution in [0.25, 0.3) is 0 Å². The summed E-state index contributed by atoms with van der Waals surface area (Å²) in [6.45, 7) is 5.60. The van der Waals surface area contributed by atoms with Crippen molar-refractivity contribution in [2.24, 2.45) is 0 Å². The lowest BCUT2D eigenvalue weighted by atomic mass is 10.1. The van der Waals surface area contributed by atoms with Crippen molar-refractivity contribution in [3.05, 3.63) is 35.9 Å². The van der Waals surface area contributed by atoms with Gasteiger partial charge >= 0.3 is 0 Å². The number of nitrogens with one attached hydrogen (secondary N) is 2. The van der Waals surface area contributed by atoms with Gasteiger partial charge in [0.1, 0.15) is 0 Å². The van der Waals surface area contributed by atoms with Crippen molar-refractivity contribution in [3.8, 4) is 0 Å². The fraction of sp³-hybridized carbons (Fsp3) is 0.562. The first-order valence-corrected chi connectivity index (χ1v) is 7.26. The Morgan fingerprint density at radius 2 is 1.90 bits per heavy atom. The van der Waals surface area contributed by atoms with E-state index in [0.717, 1.165) is 6.54 Å². The molecule has 0 bridgehead atoms. The molecule has 2 N–H and O–H groups in total. The molecule has 0 heterocycles. The molecule has 1 rings (SSSR count). The lowest BCUT2D eigenvalue weighted by molar-refractivity contribution is -0.121. The third-order valence-electron chi connectivity index (χ3n) is 3.34. The second-order valence-electron chi connectivity index (χ2n) is 5.36. The number of rotatable bonds is 8. The van der Waals surface area contributed by atoms with E-state index in [9.17, 15) is 4.79 Å². The molecular weight excluding hydrogens is 250 g/mol. The van der Waals surface area contributed by atoms with Gasteiger partial charge in [0.25, 0.3) is 0 Å². The number of hydrogen-bond donors (Lipinski definition) is 2. The Labute approximate surface area is 122 Å². The second kappa shape index (κ2) is 8.72. The number of hydrogen-bond acceptors (Lipinski definition) is 3. The lowest BCUT2D eigenvalue weighted by Gasteiger charge is -2.25. The molecular formula is C16H27N3O. The molecule has 1 aromatic carbocycles.